The maximum Gasteiger partial charge on any atom is 0.407 e. The SMILES string of the molecule is C=CCOC(=O)NCCCCCCNC(=O)OC1CCC2(C)C(=CCC3C2CCC2(C)C([C@H](C)C(=O)CCC(C)C)C(OC4OCC(N=O)C(OC5OCC(O)C(O)C5OC(=O)c5ccc(OC)cc5)C4OC(C)=O)C[C@@]32O)C1. The van der Waals surface area contributed by atoms with Crippen LogP contribution in [0.2, 0.25) is 0 Å². The number of allylic oxidation sites excluding steroid dienone is 1. The lowest BCUT2D eigenvalue weighted by Crippen LogP contribution is -2.62. The van der Waals surface area contributed by atoms with Crippen LogP contribution < -0.4 is 15.4 Å². The predicted molar refractivity (Wildman–Crippen MR) is 285 cm³/mol. The molecule has 21 nitrogen and oxygen atoms in total. The monoisotopic (exact) mass is 1110 g/mol. The highest BCUT2D eigenvalue weighted by Gasteiger charge is 2.71. The van der Waals surface area contributed by atoms with Crippen molar-refractivity contribution in [3.63, 3.8) is 0 Å². The van der Waals surface area contributed by atoms with Gasteiger partial charge in [-0.25, -0.2) is 14.4 Å². The molecule has 0 radical (unpaired) electrons. The molecule has 5 fully saturated rings. The lowest BCUT2D eigenvalue weighted by atomic mass is 9.45. The van der Waals surface area contributed by atoms with Gasteiger partial charge in [0.1, 0.15) is 48.6 Å². The number of aliphatic hydroxyl groups excluding tert-OH is 2. The van der Waals surface area contributed by atoms with Crippen LogP contribution in [0, 0.1) is 45.3 Å². The van der Waals surface area contributed by atoms with E-state index in [0.29, 0.717) is 57.4 Å². The summed E-state index contributed by atoms with van der Waals surface area (Å²) in [6, 6.07) is 4.65. The van der Waals surface area contributed by atoms with Gasteiger partial charge in [0, 0.05) is 56.5 Å². The van der Waals surface area contributed by atoms with E-state index in [-0.39, 0.29) is 60.3 Å². The summed E-state index contributed by atoms with van der Waals surface area (Å²) in [6.45, 7) is 15.3. The van der Waals surface area contributed by atoms with Gasteiger partial charge in [0.15, 0.2) is 24.8 Å². The Bertz CT molecular complexity index is 2320. The first kappa shape index (κ1) is 61.6. The van der Waals surface area contributed by atoms with Crippen molar-refractivity contribution in [1.82, 2.24) is 10.6 Å². The molecular weight excluding hydrogens is 1030 g/mol. The molecule has 7 rings (SSSR count). The van der Waals surface area contributed by atoms with E-state index in [1.807, 2.05) is 6.92 Å². The number of nitroso groups, excluding NO2 is 1. The smallest absolute Gasteiger partial charge is 0.407 e. The molecule has 21 heteroatoms. The number of ketones is 1. The zero-order valence-corrected chi connectivity index (χ0v) is 47.0. The van der Waals surface area contributed by atoms with E-state index in [0.717, 1.165) is 45.4 Å². The summed E-state index contributed by atoms with van der Waals surface area (Å²) in [4.78, 5) is 78.0. The Morgan fingerprint density at radius 3 is 2.20 bits per heavy atom. The number of Topliss-reactive ketones (excluding diaryl/α,β-unsaturated/α-hetero) is 1. The fourth-order valence-electron chi connectivity index (χ4n) is 13.7. The molecule has 1 aromatic carbocycles. The van der Waals surface area contributed by atoms with Gasteiger partial charge in [-0.2, -0.15) is 4.91 Å². The second-order valence-corrected chi connectivity index (χ2v) is 23.4. The first-order valence-electron chi connectivity index (χ1n) is 28.3. The van der Waals surface area contributed by atoms with E-state index in [1.165, 1.54) is 30.9 Å². The van der Waals surface area contributed by atoms with Crippen molar-refractivity contribution in [2.75, 3.05) is 40.0 Å². The first-order chi connectivity index (χ1) is 37.7. The third-order valence-corrected chi connectivity index (χ3v) is 18.0. The number of carbonyl (C=O) groups is 5. The average molecular weight is 1110 g/mol. The Morgan fingerprint density at radius 2 is 1.54 bits per heavy atom. The highest BCUT2D eigenvalue weighted by atomic mass is 16.7. The van der Waals surface area contributed by atoms with Crippen LogP contribution in [-0.2, 0) is 47.5 Å². The summed E-state index contributed by atoms with van der Waals surface area (Å²) in [5.41, 5.74) is -1.21. The Labute approximate surface area is 463 Å². The number of alkyl carbamates (subject to hydrolysis) is 2. The zero-order chi connectivity index (χ0) is 57.2. The molecule has 2 aliphatic heterocycles. The van der Waals surface area contributed by atoms with Gasteiger partial charge in [0.25, 0.3) is 0 Å². The Kier molecular flexibility index (Phi) is 21.2. The largest absolute Gasteiger partial charge is 0.497 e. The highest BCUT2D eigenvalue weighted by Crippen LogP contribution is 2.69. The van der Waals surface area contributed by atoms with Crippen molar-refractivity contribution in [3.05, 3.63) is 59.0 Å². The quantitative estimate of drug-likeness (QED) is 0.0229. The minimum Gasteiger partial charge on any atom is -0.497 e. The number of nitrogens with zero attached hydrogens (tertiary/aromatic N) is 1. The second-order valence-electron chi connectivity index (χ2n) is 23.4. The predicted octanol–water partition coefficient (Wildman–Crippen LogP) is 7.00. The van der Waals surface area contributed by atoms with Crippen molar-refractivity contribution < 1.29 is 81.9 Å². The van der Waals surface area contributed by atoms with Crippen LogP contribution in [0.25, 0.3) is 0 Å². The van der Waals surface area contributed by atoms with Crippen molar-refractivity contribution in [2.45, 2.75) is 192 Å². The molecule has 1 aromatic rings. The molecule has 4 aliphatic carbocycles. The van der Waals surface area contributed by atoms with E-state index in [4.69, 9.17) is 42.6 Å². The van der Waals surface area contributed by atoms with Crippen LogP contribution in [-0.4, -0.2) is 152 Å². The summed E-state index contributed by atoms with van der Waals surface area (Å²) < 4.78 is 53.1. The number of hydrogen-bond donors (Lipinski definition) is 5. The van der Waals surface area contributed by atoms with Crippen LogP contribution in [0.5, 0.6) is 5.75 Å². The van der Waals surface area contributed by atoms with Gasteiger partial charge in [-0.3, -0.25) is 9.59 Å². The molecule has 0 bridgehead atoms. The number of aliphatic hydroxyl groups is 3. The number of methoxy groups -OCH3 is 1. The molecule has 2 saturated heterocycles. The van der Waals surface area contributed by atoms with E-state index in [1.54, 1.807) is 12.1 Å². The Balaban J connectivity index is 1.07. The molecule has 15 unspecified atom stereocenters. The molecule has 5 N–H and O–H groups in total. The number of rotatable bonds is 24. The van der Waals surface area contributed by atoms with Crippen LogP contribution in [0.3, 0.4) is 0 Å². The number of amides is 2. The normalized spacial score (nSPS) is 35.2. The van der Waals surface area contributed by atoms with Gasteiger partial charge in [-0.05, 0) is 98.8 Å². The van der Waals surface area contributed by atoms with Crippen molar-refractivity contribution >= 4 is 29.9 Å². The second kappa shape index (κ2) is 27.2. The highest BCUT2D eigenvalue weighted by molar-refractivity contribution is 5.89. The standard InChI is InChI=1S/C58H85N3O18/c1-9-28-72-54(67)59-26-12-10-11-13-27-60-55(68)76-39-22-24-56(6)37(29-39)17-20-41-40(56)23-25-57(7)46(34(4)43(63)21-14-33(2)3)45(30-58(41,57)69)77-53-50(75-35(5)62)48(42(61-70)31-73-53)79-52-49(47(65)44(64)32-74-52)78-51(66)36-15-18-38(71-8)19-16-36/h9,15-19,33-34,39-42,44-50,52-53,64-65,69H,1,10-14,20-32H2,2-8H3,(H,59,67)(H,60,68)/t34-,39?,40?,41?,42?,44?,45?,46?,47?,48?,49?,50?,52?,53?,56?,57?,58-/m1/s1. The van der Waals surface area contributed by atoms with Gasteiger partial charge in [0.2, 0.25) is 0 Å². The topological polar surface area (TPSA) is 283 Å². The maximum absolute atomic E-state index is 14.4. The summed E-state index contributed by atoms with van der Waals surface area (Å²) >= 11 is 0. The van der Waals surface area contributed by atoms with Crippen LogP contribution in [0.15, 0.2) is 53.7 Å². The third-order valence-electron chi connectivity index (χ3n) is 18.0. The number of nitrogens with one attached hydrogen (secondary N) is 2. The summed E-state index contributed by atoms with van der Waals surface area (Å²) in [5, 5.41) is 44.4. The van der Waals surface area contributed by atoms with E-state index in [9.17, 15) is 44.2 Å². The minimum atomic E-state index is -1.70. The number of ether oxygens (including phenoxy) is 9. The van der Waals surface area contributed by atoms with Gasteiger partial charge >= 0.3 is 24.1 Å². The first-order valence-corrected chi connectivity index (χ1v) is 28.3. The van der Waals surface area contributed by atoms with Crippen molar-refractivity contribution in [2.24, 2.45) is 45.6 Å². The zero-order valence-electron chi connectivity index (χ0n) is 47.0. The molecule has 17 atom stereocenters. The number of hydrogen-bond acceptors (Lipinski definition) is 19. The number of esters is 2. The van der Waals surface area contributed by atoms with Crippen LogP contribution >= 0.6 is 0 Å². The molecule has 0 spiro atoms. The lowest BCUT2D eigenvalue weighted by Gasteiger charge is -2.61. The van der Waals surface area contributed by atoms with E-state index in [2.05, 4.69) is 56.2 Å². The van der Waals surface area contributed by atoms with Crippen molar-refractivity contribution in [3.8, 4) is 5.75 Å². The summed E-state index contributed by atoms with van der Waals surface area (Å²) in [7, 11) is 1.47. The Hall–Kier alpha value is -5.03. The van der Waals surface area contributed by atoms with Crippen molar-refractivity contribution in [1.29, 1.82) is 0 Å². The average Bonchev–Trinajstić information content (AvgIpc) is 3.77. The summed E-state index contributed by atoms with van der Waals surface area (Å²) in [5.74, 6) is -2.21. The van der Waals surface area contributed by atoms with E-state index >= 15 is 0 Å². The maximum atomic E-state index is 14.4. The van der Waals surface area contributed by atoms with Crippen LogP contribution in [0.1, 0.15) is 135 Å². The molecule has 440 valence electrons. The Morgan fingerprint density at radius 1 is 0.861 bits per heavy atom. The minimum absolute atomic E-state index is 0.0336. The molecule has 6 aliphatic rings. The van der Waals surface area contributed by atoms with E-state index < -0.39 is 109 Å². The number of unbranched alkanes of at least 4 members (excludes halogenated alkanes) is 3. The lowest BCUT2D eigenvalue weighted by molar-refractivity contribution is -0.326. The fourth-order valence-corrected chi connectivity index (χ4v) is 13.7. The van der Waals surface area contributed by atoms with Gasteiger partial charge in [-0.1, -0.05) is 76.9 Å². The fraction of sp³-hybridized carbons (Fsp3) is 0.741. The number of carbonyl (C=O) groups excluding carboxylic acids is 5. The van der Waals surface area contributed by atoms with Gasteiger partial charge < -0.3 is 68.6 Å². The molecular formula is C58H85N3O18. The van der Waals surface area contributed by atoms with Gasteiger partial charge in [-0.15, -0.1) is 0 Å². The van der Waals surface area contributed by atoms with Gasteiger partial charge in [0.05, 0.1) is 37.6 Å². The number of fused-ring (bicyclic) bond motifs is 5. The third kappa shape index (κ3) is 14.0. The van der Waals surface area contributed by atoms with Crippen LogP contribution in [0.4, 0.5) is 9.59 Å². The molecule has 3 saturated carbocycles. The number of benzene rings is 1. The molecule has 0 aromatic heterocycles. The summed E-state index contributed by atoms with van der Waals surface area (Å²) in [6.07, 6.45) is -0.957. The molecule has 2 amide bonds. The molecule has 2 heterocycles. The molecule has 79 heavy (non-hydrogen) atoms.